The number of fused-ring (bicyclic) bond motifs is 1. The van der Waals surface area contributed by atoms with Gasteiger partial charge in [0.15, 0.2) is 11.4 Å². The van der Waals surface area contributed by atoms with Crippen LogP contribution in [0, 0.1) is 13.8 Å². The summed E-state index contributed by atoms with van der Waals surface area (Å²) in [6, 6.07) is 15.6. The Labute approximate surface area is 184 Å². The number of aromatic nitrogens is 5. The molecule has 4 heterocycles. The zero-order valence-electron chi connectivity index (χ0n) is 17.6. The predicted molar refractivity (Wildman–Crippen MR) is 121 cm³/mol. The molecule has 8 heteroatoms. The minimum Gasteiger partial charge on any atom is -0.463 e. The summed E-state index contributed by atoms with van der Waals surface area (Å²) in [6.45, 7) is 3.97. The lowest BCUT2D eigenvalue weighted by Gasteiger charge is -2.07. The highest BCUT2D eigenvalue weighted by Crippen LogP contribution is 2.30. The second-order valence-electron chi connectivity index (χ2n) is 7.46. The fourth-order valence-corrected chi connectivity index (χ4v) is 3.65. The Morgan fingerprint density at radius 2 is 1.84 bits per heavy atom. The fraction of sp³-hybridized carbons (Fsp3) is 0.125. The van der Waals surface area contributed by atoms with Gasteiger partial charge in [0.05, 0.1) is 12.0 Å². The van der Waals surface area contributed by atoms with Crippen molar-refractivity contribution >= 4 is 22.9 Å². The van der Waals surface area contributed by atoms with E-state index in [1.165, 1.54) is 5.56 Å². The van der Waals surface area contributed by atoms with Gasteiger partial charge in [-0.15, -0.1) is 0 Å². The molecule has 32 heavy (non-hydrogen) atoms. The number of hydrogen-bond donors (Lipinski definition) is 1. The van der Waals surface area contributed by atoms with E-state index in [4.69, 9.17) is 4.42 Å². The number of rotatable bonds is 5. The summed E-state index contributed by atoms with van der Waals surface area (Å²) in [6.07, 6.45) is 4.88. The number of carbonyl (C=O) groups excluding carboxylic acids is 1. The van der Waals surface area contributed by atoms with Crippen molar-refractivity contribution in [3.63, 3.8) is 0 Å². The van der Waals surface area contributed by atoms with Crippen molar-refractivity contribution in [2.75, 3.05) is 5.32 Å². The summed E-state index contributed by atoms with van der Waals surface area (Å²) in [5.41, 5.74) is 5.37. The third-order valence-corrected chi connectivity index (χ3v) is 5.14. The number of amides is 1. The summed E-state index contributed by atoms with van der Waals surface area (Å²) in [5, 5.41) is 8.23. The van der Waals surface area contributed by atoms with E-state index >= 15 is 0 Å². The van der Waals surface area contributed by atoms with Crippen LogP contribution in [-0.2, 0) is 11.3 Å². The first-order chi connectivity index (χ1) is 15.6. The van der Waals surface area contributed by atoms with Crippen LogP contribution >= 0.6 is 0 Å². The van der Waals surface area contributed by atoms with Crippen molar-refractivity contribution in [1.29, 1.82) is 0 Å². The number of hydrogen-bond acceptors (Lipinski definition) is 6. The molecule has 0 atom stereocenters. The number of aryl methyl sites for hydroxylation is 2. The Kier molecular flexibility index (Phi) is 4.95. The number of nitrogens with zero attached hydrogens (tertiary/aromatic N) is 5. The van der Waals surface area contributed by atoms with Crippen molar-refractivity contribution in [1.82, 2.24) is 24.7 Å². The highest BCUT2D eigenvalue weighted by atomic mass is 16.3. The van der Waals surface area contributed by atoms with Gasteiger partial charge in [-0.1, -0.05) is 29.8 Å². The molecule has 0 radical (unpaired) electrons. The minimum atomic E-state index is -0.298. The molecule has 1 N–H and O–H groups in total. The van der Waals surface area contributed by atoms with E-state index in [9.17, 15) is 4.79 Å². The molecule has 8 nitrogen and oxygen atoms in total. The Balaban J connectivity index is 1.41. The number of anilines is 1. The zero-order valence-corrected chi connectivity index (χ0v) is 17.6. The first-order valence-electron chi connectivity index (χ1n) is 10.1. The largest absolute Gasteiger partial charge is 0.463 e. The quantitative estimate of drug-likeness (QED) is 0.449. The van der Waals surface area contributed by atoms with Crippen molar-refractivity contribution in [3.8, 4) is 22.6 Å². The van der Waals surface area contributed by atoms with Gasteiger partial charge in [-0.25, -0.2) is 19.6 Å². The number of nitrogens with one attached hydrogen (secondary N) is 1. The van der Waals surface area contributed by atoms with E-state index in [-0.39, 0.29) is 18.4 Å². The molecule has 0 aliphatic rings. The van der Waals surface area contributed by atoms with Gasteiger partial charge in [0.2, 0.25) is 11.9 Å². The second-order valence-corrected chi connectivity index (χ2v) is 7.46. The molecule has 1 amide bonds. The lowest BCUT2D eigenvalue weighted by atomic mass is 10.0. The number of furan rings is 1. The van der Waals surface area contributed by atoms with Gasteiger partial charge in [-0.05, 0) is 49.2 Å². The molecule has 0 spiro atoms. The van der Waals surface area contributed by atoms with Crippen LogP contribution in [0.1, 0.15) is 11.3 Å². The first kappa shape index (κ1) is 19.6. The Morgan fingerprint density at radius 1 is 1.03 bits per heavy atom. The third-order valence-electron chi connectivity index (χ3n) is 5.14. The SMILES string of the molecule is Cc1ccc(-c2ccnc3c2c(C)nn3CC(=O)Nc2nccc(-c3ccco3)n2)cc1. The van der Waals surface area contributed by atoms with Crippen LogP contribution in [-0.4, -0.2) is 30.6 Å². The number of benzene rings is 1. The molecule has 5 rings (SSSR count). The van der Waals surface area contributed by atoms with Crippen LogP contribution < -0.4 is 5.32 Å². The van der Waals surface area contributed by atoms with E-state index in [1.54, 1.807) is 41.5 Å². The molecular weight excluding hydrogens is 404 g/mol. The highest BCUT2D eigenvalue weighted by Gasteiger charge is 2.16. The van der Waals surface area contributed by atoms with Crippen molar-refractivity contribution in [2.24, 2.45) is 0 Å². The van der Waals surface area contributed by atoms with Gasteiger partial charge < -0.3 is 4.42 Å². The lowest BCUT2D eigenvalue weighted by Crippen LogP contribution is -2.21. The molecule has 5 aromatic rings. The molecule has 0 fully saturated rings. The van der Waals surface area contributed by atoms with Gasteiger partial charge in [-0.3, -0.25) is 10.1 Å². The van der Waals surface area contributed by atoms with E-state index in [0.29, 0.717) is 17.1 Å². The van der Waals surface area contributed by atoms with E-state index in [1.807, 2.05) is 13.0 Å². The molecule has 1 aromatic carbocycles. The Hall–Kier alpha value is -4.33. The molecule has 0 aliphatic carbocycles. The van der Waals surface area contributed by atoms with Crippen LogP contribution in [0.5, 0.6) is 0 Å². The monoisotopic (exact) mass is 424 g/mol. The van der Waals surface area contributed by atoms with Crippen LogP contribution in [0.4, 0.5) is 5.95 Å². The molecular formula is C24H20N6O2. The molecule has 0 bridgehead atoms. The molecule has 158 valence electrons. The number of carbonyl (C=O) groups is 1. The van der Waals surface area contributed by atoms with Gasteiger partial charge in [0.1, 0.15) is 12.2 Å². The van der Waals surface area contributed by atoms with Crippen molar-refractivity contribution in [3.05, 3.63) is 78.4 Å². The molecule has 0 saturated heterocycles. The standard InChI is InChI=1S/C24H20N6O2/c1-15-5-7-17(8-6-15)18-9-11-25-23-22(18)16(2)29-30(23)14-21(31)28-24-26-12-10-19(27-24)20-4-3-13-32-20/h3-13H,14H2,1-2H3,(H,26,27,28,31). The van der Waals surface area contributed by atoms with Gasteiger partial charge >= 0.3 is 0 Å². The highest BCUT2D eigenvalue weighted by molar-refractivity contribution is 5.96. The molecule has 0 aliphatic heterocycles. The topological polar surface area (TPSA) is 98.7 Å². The molecule has 0 unspecified atom stereocenters. The van der Waals surface area contributed by atoms with E-state index in [2.05, 4.69) is 56.6 Å². The molecule has 4 aromatic heterocycles. The van der Waals surface area contributed by atoms with E-state index < -0.39 is 0 Å². The molecule has 0 saturated carbocycles. The Morgan fingerprint density at radius 3 is 2.62 bits per heavy atom. The smallest absolute Gasteiger partial charge is 0.248 e. The summed E-state index contributed by atoms with van der Waals surface area (Å²) < 4.78 is 6.96. The second kappa shape index (κ2) is 8.07. The lowest BCUT2D eigenvalue weighted by molar-refractivity contribution is -0.116. The van der Waals surface area contributed by atoms with Gasteiger partial charge in [0.25, 0.3) is 0 Å². The van der Waals surface area contributed by atoms with Crippen LogP contribution in [0.3, 0.4) is 0 Å². The first-order valence-corrected chi connectivity index (χ1v) is 10.1. The summed E-state index contributed by atoms with van der Waals surface area (Å²) >= 11 is 0. The van der Waals surface area contributed by atoms with E-state index in [0.717, 1.165) is 22.2 Å². The van der Waals surface area contributed by atoms with Crippen LogP contribution in [0.2, 0.25) is 0 Å². The van der Waals surface area contributed by atoms with Crippen molar-refractivity contribution < 1.29 is 9.21 Å². The predicted octanol–water partition coefficient (Wildman–Crippen LogP) is 4.40. The van der Waals surface area contributed by atoms with Gasteiger partial charge in [-0.2, -0.15) is 5.10 Å². The van der Waals surface area contributed by atoms with Crippen molar-refractivity contribution in [2.45, 2.75) is 20.4 Å². The third kappa shape index (κ3) is 3.74. The maximum atomic E-state index is 12.7. The van der Waals surface area contributed by atoms with Gasteiger partial charge in [0, 0.05) is 17.8 Å². The maximum Gasteiger partial charge on any atom is 0.248 e. The maximum absolute atomic E-state index is 12.7. The normalized spacial score (nSPS) is 11.1. The summed E-state index contributed by atoms with van der Waals surface area (Å²) in [7, 11) is 0. The minimum absolute atomic E-state index is 0.0109. The summed E-state index contributed by atoms with van der Waals surface area (Å²) in [5.74, 6) is 0.503. The average molecular weight is 424 g/mol. The summed E-state index contributed by atoms with van der Waals surface area (Å²) in [4.78, 5) is 25.7. The van der Waals surface area contributed by atoms with Crippen LogP contribution in [0.15, 0.2) is 71.6 Å². The Bertz CT molecular complexity index is 1400. The average Bonchev–Trinajstić information content (AvgIpc) is 3.43. The van der Waals surface area contributed by atoms with Crippen LogP contribution in [0.25, 0.3) is 33.6 Å². The number of pyridine rings is 1. The zero-order chi connectivity index (χ0) is 22.1. The fourth-order valence-electron chi connectivity index (χ4n) is 3.65.